The van der Waals surface area contributed by atoms with Gasteiger partial charge in [0.15, 0.2) is 5.58 Å². The Morgan fingerprint density at radius 1 is 1.57 bits per heavy atom. The van der Waals surface area contributed by atoms with Crippen molar-refractivity contribution in [1.29, 1.82) is 0 Å². The number of alkyl carbamates (subject to hydrolysis) is 1. The predicted molar refractivity (Wildman–Crippen MR) is 102 cm³/mol. The molecule has 5 nitrogen and oxygen atoms in total. The molecule has 0 bridgehead atoms. The number of furan rings is 1. The van der Waals surface area contributed by atoms with Gasteiger partial charge in [0.05, 0.1) is 8.04 Å². The number of pyridine rings is 1. The Hall–Kier alpha value is -0.540. The summed E-state index contributed by atoms with van der Waals surface area (Å²) in [6.07, 6.45) is 0.0529. The maximum absolute atomic E-state index is 11.8. The van der Waals surface area contributed by atoms with E-state index in [-0.39, 0.29) is 6.04 Å². The quantitative estimate of drug-likeness (QED) is 0.445. The third-order valence-electron chi connectivity index (χ3n) is 2.83. The van der Waals surface area contributed by atoms with Crippen molar-refractivity contribution in [2.24, 2.45) is 0 Å². The van der Waals surface area contributed by atoms with E-state index in [1.807, 2.05) is 27.7 Å². The molecule has 2 rings (SSSR count). The normalized spacial score (nSPS) is 13.2. The van der Waals surface area contributed by atoms with Crippen LogP contribution in [0.4, 0.5) is 4.79 Å². The largest absolute Gasteiger partial charge is 0.457 e. The zero-order valence-corrected chi connectivity index (χ0v) is 17.7. The molecule has 0 aromatic carbocycles. The second kappa shape index (κ2) is 7.14. The van der Waals surface area contributed by atoms with Gasteiger partial charge in [-0.2, -0.15) is 0 Å². The summed E-state index contributed by atoms with van der Waals surface area (Å²) in [5, 5.41) is 3.20. The number of rotatable bonds is 3. The highest BCUT2D eigenvalue weighted by molar-refractivity contribution is 14.1. The van der Waals surface area contributed by atoms with Gasteiger partial charge in [0.1, 0.15) is 22.0 Å². The Morgan fingerprint density at radius 3 is 2.83 bits per heavy atom. The first-order valence-electron chi connectivity index (χ1n) is 6.99. The van der Waals surface area contributed by atoms with Crippen LogP contribution >= 0.6 is 50.1 Å². The van der Waals surface area contributed by atoms with Gasteiger partial charge in [-0.05, 0) is 72.3 Å². The van der Waals surface area contributed by atoms with Gasteiger partial charge < -0.3 is 14.5 Å². The smallest absolute Gasteiger partial charge is 0.407 e. The number of aromatic nitrogens is 1. The summed E-state index contributed by atoms with van der Waals surface area (Å²) in [4.78, 5) is 16.1. The lowest BCUT2D eigenvalue weighted by Crippen LogP contribution is -2.38. The van der Waals surface area contributed by atoms with Gasteiger partial charge in [-0.3, -0.25) is 0 Å². The number of halogens is 3. The molecule has 0 aliphatic carbocycles. The summed E-state index contributed by atoms with van der Waals surface area (Å²) in [6.45, 7) is 7.36. The van der Waals surface area contributed by atoms with E-state index < -0.39 is 11.7 Å². The van der Waals surface area contributed by atoms with Crippen LogP contribution in [0.15, 0.2) is 15.0 Å². The highest BCUT2D eigenvalue weighted by Crippen LogP contribution is 2.34. The number of ether oxygens (including phenoxy) is 1. The van der Waals surface area contributed by atoms with Crippen molar-refractivity contribution in [3.8, 4) is 0 Å². The number of hydrogen-bond acceptors (Lipinski definition) is 4. The zero-order valence-electron chi connectivity index (χ0n) is 13.2. The second-order valence-corrected chi connectivity index (χ2v) is 8.54. The number of fused-ring (bicyclic) bond motifs is 1. The molecule has 0 fully saturated rings. The van der Waals surface area contributed by atoms with Gasteiger partial charge in [-0.15, -0.1) is 0 Å². The fourth-order valence-corrected chi connectivity index (χ4v) is 3.54. The topological polar surface area (TPSA) is 64.4 Å². The van der Waals surface area contributed by atoms with E-state index >= 15 is 0 Å². The number of nitrogens with zero attached hydrogens (tertiary/aromatic N) is 1. The van der Waals surface area contributed by atoms with Gasteiger partial charge in [0.2, 0.25) is 0 Å². The molecule has 2 heterocycles. The van der Waals surface area contributed by atoms with E-state index in [4.69, 9.17) is 20.8 Å². The SMILES string of the molecule is CC(Cc1oc2c(I)cc(Cl)nc2c1Br)NC(=O)OC(C)(C)C. The fraction of sp³-hybridized carbons (Fsp3) is 0.467. The third-order valence-corrected chi connectivity index (χ3v) is 4.64. The molecular weight excluding hydrogens is 498 g/mol. The van der Waals surface area contributed by atoms with Crippen LogP contribution in [0.3, 0.4) is 0 Å². The van der Waals surface area contributed by atoms with Gasteiger partial charge >= 0.3 is 6.09 Å². The third kappa shape index (κ3) is 4.96. The molecule has 126 valence electrons. The molecule has 0 radical (unpaired) electrons. The van der Waals surface area contributed by atoms with Crippen LogP contribution in [0.2, 0.25) is 5.15 Å². The lowest BCUT2D eigenvalue weighted by molar-refractivity contribution is 0.0507. The molecule has 0 aliphatic heterocycles. The van der Waals surface area contributed by atoms with Crippen LogP contribution in [0.1, 0.15) is 33.5 Å². The van der Waals surface area contributed by atoms with Crippen molar-refractivity contribution in [2.45, 2.75) is 45.8 Å². The lowest BCUT2D eigenvalue weighted by Gasteiger charge is -2.21. The number of hydrogen-bond donors (Lipinski definition) is 1. The Balaban J connectivity index is 2.14. The fourth-order valence-electron chi connectivity index (χ4n) is 1.99. The minimum absolute atomic E-state index is 0.158. The number of carbonyl (C=O) groups is 1. The van der Waals surface area contributed by atoms with E-state index in [0.29, 0.717) is 28.4 Å². The minimum Gasteiger partial charge on any atom is -0.457 e. The van der Waals surface area contributed by atoms with Crippen molar-refractivity contribution < 1.29 is 13.9 Å². The molecule has 1 amide bonds. The molecule has 0 spiro atoms. The molecule has 0 aliphatic rings. The molecule has 1 atom stereocenters. The molecule has 23 heavy (non-hydrogen) atoms. The number of carbonyl (C=O) groups excluding carboxylic acids is 1. The van der Waals surface area contributed by atoms with Crippen LogP contribution in [-0.2, 0) is 11.2 Å². The summed E-state index contributed by atoms with van der Waals surface area (Å²) < 4.78 is 12.8. The summed E-state index contributed by atoms with van der Waals surface area (Å²) >= 11 is 11.6. The summed E-state index contributed by atoms with van der Waals surface area (Å²) in [6, 6.07) is 1.59. The van der Waals surface area contributed by atoms with Gasteiger partial charge in [0, 0.05) is 12.5 Å². The first-order valence-corrected chi connectivity index (χ1v) is 9.24. The maximum atomic E-state index is 11.8. The number of nitrogens with one attached hydrogen (secondary N) is 1. The summed E-state index contributed by atoms with van der Waals surface area (Å²) in [5.74, 6) is 0.705. The summed E-state index contributed by atoms with van der Waals surface area (Å²) in [5.41, 5.74) is 0.836. The van der Waals surface area contributed by atoms with Crippen molar-refractivity contribution in [1.82, 2.24) is 10.3 Å². The average Bonchev–Trinajstić information content (AvgIpc) is 2.65. The molecule has 0 saturated heterocycles. The highest BCUT2D eigenvalue weighted by atomic mass is 127. The Kier molecular flexibility index (Phi) is 5.84. The lowest BCUT2D eigenvalue weighted by atomic mass is 10.2. The highest BCUT2D eigenvalue weighted by Gasteiger charge is 2.21. The van der Waals surface area contributed by atoms with E-state index in [1.165, 1.54) is 0 Å². The van der Waals surface area contributed by atoms with Crippen LogP contribution in [0.5, 0.6) is 0 Å². The Bertz CT molecular complexity index is 742. The Labute approximate surface area is 161 Å². The molecule has 0 saturated carbocycles. The van der Waals surface area contributed by atoms with E-state index in [1.54, 1.807) is 6.07 Å². The Morgan fingerprint density at radius 2 is 2.22 bits per heavy atom. The molecular formula is C15H17BrClIN2O3. The van der Waals surface area contributed by atoms with Crippen molar-refractivity contribution >= 4 is 67.3 Å². The molecule has 1 N–H and O–H groups in total. The molecule has 2 aromatic heterocycles. The predicted octanol–water partition coefficient (Wildman–Crippen LogP) is 5.30. The van der Waals surface area contributed by atoms with E-state index in [2.05, 4.69) is 48.8 Å². The monoisotopic (exact) mass is 514 g/mol. The van der Waals surface area contributed by atoms with Gasteiger partial charge in [-0.25, -0.2) is 9.78 Å². The molecule has 2 aromatic rings. The van der Waals surface area contributed by atoms with Gasteiger partial charge in [-0.1, -0.05) is 11.6 Å². The van der Waals surface area contributed by atoms with Crippen molar-refractivity contribution in [2.75, 3.05) is 0 Å². The molecule has 8 heteroatoms. The van der Waals surface area contributed by atoms with Crippen LogP contribution in [0.25, 0.3) is 11.1 Å². The maximum Gasteiger partial charge on any atom is 0.407 e. The average molecular weight is 516 g/mol. The first kappa shape index (κ1) is 18.8. The summed E-state index contributed by atoms with van der Waals surface area (Å²) in [7, 11) is 0. The van der Waals surface area contributed by atoms with Crippen LogP contribution in [0, 0.1) is 3.57 Å². The van der Waals surface area contributed by atoms with Crippen LogP contribution in [-0.4, -0.2) is 22.7 Å². The van der Waals surface area contributed by atoms with Crippen LogP contribution < -0.4 is 5.32 Å². The van der Waals surface area contributed by atoms with E-state index in [9.17, 15) is 4.79 Å². The second-order valence-electron chi connectivity index (χ2n) is 6.20. The first-order chi connectivity index (χ1) is 10.6. The van der Waals surface area contributed by atoms with Crippen molar-refractivity contribution in [3.05, 3.63) is 25.0 Å². The minimum atomic E-state index is -0.527. The number of amides is 1. The standard InChI is InChI=1S/C15H17BrClIN2O3/c1-7(19-14(21)23-15(2,3)4)5-9-11(16)12-13(22-9)8(18)6-10(17)20-12/h6-7H,5H2,1-4H3,(H,19,21). The zero-order chi connectivity index (χ0) is 17.4. The van der Waals surface area contributed by atoms with Crippen molar-refractivity contribution in [3.63, 3.8) is 0 Å². The molecule has 1 unspecified atom stereocenters. The van der Waals surface area contributed by atoms with E-state index in [0.717, 1.165) is 8.04 Å². The van der Waals surface area contributed by atoms with Gasteiger partial charge in [0.25, 0.3) is 0 Å².